The lowest BCUT2D eigenvalue weighted by atomic mass is 10.1. The van der Waals surface area contributed by atoms with Gasteiger partial charge in [-0.2, -0.15) is 0 Å². The van der Waals surface area contributed by atoms with Crippen LogP contribution in [0, 0.1) is 0 Å². The van der Waals surface area contributed by atoms with E-state index in [4.69, 9.17) is 33.7 Å². The molecule has 1 aromatic carbocycles. The van der Waals surface area contributed by atoms with E-state index in [-0.39, 0.29) is 6.04 Å². The molecule has 1 unspecified atom stereocenters. The minimum Gasteiger partial charge on any atom is -0.437 e. The second kappa shape index (κ2) is 6.24. The maximum Gasteiger partial charge on any atom is 0.222 e. The number of hydrogen-bond acceptors (Lipinski definition) is 3. The Kier molecular flexibility index (Phi) is 4.64. The Hall–Kier alpha value is -1.29. The van der Waals surface area contributed by atoms with E-state index in [1.807, 2.05) is 19.1 Å². The number of rotatable bonds is 4. The summed E-state index contributed by atoms with van der Waals surface area (Å²) < 4.78 is 5.74. The molecule has 0 amide bonds. The molecule has 0 saturated heterocycles. The van der Waals surface area contributed by atoms with E-state index in [1.54, 1.807) is 24.4 Å². The van der Waals surface area contributed by atoms with E-state index in [0.717, 1.165) is 5.56 Å². The monoisotopic (exact) mass is 296 g/mol. The smallest absolute Gasteiger partial charge is 0.222 e. The van der Waals surface area contributed by atoms with Gasteiger partial charge in [0.2, 0.25) is 5.88 Å². The normalized spacial score (nSPS) is 12.2. The van der Waals surface area contributed by atoms with Crippen LogP contribution in [0.2, 0.25) is 10.0 Å². The highest BCUT2D eigenvalue weighted by atomic mass is 35.5. The van der Waals surface area contributed by atoms with Gasteiger partial charge in [-0.1, -0.05) is 29.3 Å². The van der Waals surface area contributed by atoms with E-state index in [1.165, 1.54) is 0 Å². The summed E-state index contributed by atoms with van der Waals surface area (Å²) in [4.78, 5) is 4.22. The lowest BCUT2D eigenvalue weighted by Gasteiger charge is -2.12. The van der Waals surface area contributed by atoms with Crippen molar-refractivity contribution in [2.45, 2.75) is 19.4 Å². The topological polar surface area (TPSA) is 48.1 Å². The Morgan fingerprint density at radius 2 is 2.11 bits per heavy atom. The lowest BCUT2D eigenvalue weighted by molar-refractivity contribution is 0.454. The second-order valence-electron chi connectivity index (χ2n) is 4.33. The van der Waals surface area contributed by atoms with Gasteiger partial charge in [0, 0.05) is 22.8 Å². The zero-order valence-corrected chi connectivity index (χ0v) is 11.9. The number of nitrogens with zero attached hydrogens (tertiary/aromatic N) is 1. The highest BCUT2D eigenvalue weighted by Crippen LogP contribution is 2.32. The fraction of sp³-hybridized carbons (Fsp3) is 0.214. The minimum absolute atomic E-state index is 0.0345. The first-order valence-corrected chi connectivity index (χ1v) is 6.64. The van der Waals surface area contributed by atoms with Crippen LogP contribution in [0.25, 0.3) is 0 Å². The van der Waals surface area contributed by atoms with Crippen molar-refractivity contribution in [1.29, 1.82) is 0 Å². The molecule has 0 radical (unpaired) electrons. The largest absolute Gasteiger partial charge is 0.437 e. The van der Waals surface area contributed by atoms with Gasteiger partial charge in [-0.3, -0.25) is 0 Å². The summed E-state index contributed by atoms with van der Waals surface area (Å²) in [6, 6.07) is 8.90. The first-order chi connectivity index (χ1) is 9.06. The molecule has 2 N–H and O–H groups in total. The molecule has 1 atom stereocenters. The predicted octanol–water partition coefficient (Wildman–Crippen LogP) is 4.07. The van der Waals surface area contributed by atoms with E-state index < -0.39 is 0 Å². The molecule has 0 saturated carbocycles. The first kappa shape index (κ1) is 14.1. The highest BCUT2D eigenvalue weighted by Gasteiger charge is 2.10. The fourth-order valence-electron chi connectivity index (χ4n) is 1.68. The van der Waals surface area contributed by atoms with Gasteiger partial charge in [-0.25, -0.2) is 4.98 Å². The third kappa shape index (κ3) is 3.83. The van der Waals surface area contributed by atoms with Crippen molar-refractivity contribution >= 4 is 23.2 Å². The molecule has 1 heterocycles. The number of nitrogens with two attached hydrogens (primary N) is 1. The van der Waals surface area contributed by atoms with Crippen molar-refractivity contribution in [1.82, 2.24) is 4.98 Å². The third-order valence-electron chi connectivity index (χ3n) is 2.49. The Labute approximate surface area is 122 Å². The van der Waals surface area contributed by atoms with Crippen LogP contribution in [0.5, 0.6) is 11.6 Å². The van der Waals surface area contributed by atoms with Crippen LogP contribution in [0.15, 0.2) is 36.5 Å². The second-order valence-corrected chi connectivity index (χ2v) is 5.17. The number of ether oxygens (including phenoxy) is 1. The van der Waals surface area contributed by atoms with Crippen molar-refractivity contribution in [3.63, 3.8) is 0 Å². The fourth-order valence-corrected chi connectivity index (χ4v) is 2.13. The molecule has 100 valence electrons. The van der Waals surface area contributed by atoms with E-state index >= 15 is 0 Å². The average molecular weight is 297 g/mol. The summed E-state index contributed by atoms with van der Waals surface area (Å²) >= 11 is 11.9. The predicted molar refractivity (Wildman–Crippen MR) is 78.1 cm³/mol. The van der Waals surface area contributed by atoms with E-state index in [0.29, 0.717) is 28.1 Å². The van der Waals surface area contributed by atoms with Gasteiger partial charge in [0.1, 0.15) is 5.75 Å². The van der Waals surface area contributed by atoms with Crippen molar-refractivity contribution in [2.24, 2.45) is 5.73 Å². The highest BCUT2D eigenvalue weighted by molar-refractivity contribution is 6.35. The van der Waals surface area contributed by atoms with Crippen LogP contribution in [-0.4, -0.2) is 11.0 Å². The number of hydrogen-bond donors (Lipinski definition) is 1. The van der Waals surface area contributed by atoms with Crippen LogP contribution in [0.3, 0.4) is 0 Å². The maximum atomic E-state index is 6.08. The zero-order valence-electron chi connectivity index (χ0n) is 10.4. The van der Waals surface area contributed by atoms with Crippen LogP contribution >= 0.6 is 23.2 Å². The van der Waals surface area contributed by atoms with E-state index in [9.17, 15) is 0 Å². The molecule has 0 aliphatic rings. The molecule has 2 aromatic rings. The summed E-state index contributed by atoms with van der Waals surface area (Å²) in [5.74, 6) is 1.04. The van der Waals surface area contributed by atoms with Crippen molar-refractivity contribution in [3.8, 4) is 11.6 Å². The number of pyridine rings is 1. The maximum absolute atomic E-state index is 6.08. The Morgan fingerprint density at radius 1 is 1.32 bits per heavy atom. The van der Waals surface area contributed by atoms with Crippen molar-refractivity contribution in [3.05, 3.63) is 52.1 Å². The van der Waals surface area contributed by atoms with Gasteiger partial charge in [0.25, 0.3) is 0 Å². The van der Waals surface area contributed by atoms with Crippen molar-refractivity contribution < 1.29 is 4.74 Å². The Balaban J connectivity index is 2.27. The van der Waals surface area contributed by atoms with Gasteiger partial charge in [-0.05, 0) is 37.6 Å². The molecule has 0 bridgehead atoms. The number of aromatic nitrogens is 1. The molecule has 3 nitrogen and oxygen atoms in total. The third-order valence-corrected chi connectivity index (χ3v) is 3.02. The summed E-state index contributed by atoms with van der Waals surface area (Å²) in [6.45, 7) is 1.94. The molecule has 0 spiro atoms. The van der Waals surface area contributed by atoms with Crippen LogP contribution in [-0.2, 0) is 6.42 Å². The Morgan fingerprint density at radius 3 is 2.79 bits per heavy atom. The number of halogens is 2. The number of benzene rings is 1. The SMILES string of the molecule is CC(N)Cc1cccnc1Oc1ccc(Cl)cc1Cl. The molecular weight excluding hydrogens is 283 g/mol. The summed E-state index contributed by atoms with van der Waals surface area (Å²) in [7, 11) is 0. The Bertz CT molecular complexity index is 573. The average Bonchev–Trinajstić information content (AvgIpc) is 2.34. The van der Waals surface area contributed by atoms with Crippen molar-refractivity contribution in [2.75, 3.05) is 0 Å². The molecule has 2 rings (SSSR count). The lowest BCUT2D eigenvalue weighted by Crippen LogP contribution is -2.18. The van der Waals surface area contributed by atoms with Crippen LogP contribution in [0.1, 0.15) is 12.5 Å². The standard InChI is InChI=1S/C14H14Cl2N2O/c1-9(17)7-10-3-2-6-18-14(10)19-13-5-4-11(15)8-12(13)16/h2-6,8-9H,7,17H2,1H3. The van der Waals surface area contributed by atoms with Gasteiger partial charge < -0.3 is 10.5 Å². The molecule has 0 fully saturated rings. The molecule has 0 aliphatic heterocycles. The quantitative estimate of drug-likeness (QED) is 0.925. The summed E-state index contributed by atoms with van der Waals surface area (Å²) in [5.41, 5.74) is 6.76. The van der Waals surface area contributed by atoms with Gasteiger partial charge in [0.15, 0.2) is 0 Å². The molecule has 19 heavy (non-hydrogen) atoms. The van der Waals surface area contributed by atoms with Gasteiger partial charge in [-0.15, -0.1) is 0 Å². The zero-order chi connectivity index (χ0) is 13.8. The molecule has 5 heteroatoms. The summed E-state index contributed by atoms with van der Waals surface area (Å²) in [5, 5.41) is 1.01. The summed E-state index contributed by atoms with van der Waals surface area (Å²) in [6.07, 6.45) is 2.36. The van der Waals surface area contributed by atoms with E-state index in [2.05, 4.69) is 4.98 Å². The molecular formula is C14H14Cl2N2O. The molecule has 0 aliphatic carbocycles. The van der Waals surface area contributed by atoms with Gasteiger partial charge >= 0.3 is 0 Å². The first-order valence-electron chi connectivity index (χ1n) is 5.88. The van der Waals surface area contributed by atoms with Crippen LogP contribution < -0.4 is 10.5 Å². The minimum atomic E-state index is 0.0345. The molecule has 1 aromatic heterocycles. The van der Waals surface area contributed by atoms with Crippen LogP contribution in [0.4, 0.5) is 0 Å². The van der Waals surface area contributed by atoms with Gasteiger partial charge in [0.05, 0.1) is 5.02 Å².